The fourth-order valence-electron chi connectivity index (χ4n) is 7.36. The summed E-state index contributed by atoms with van der Waals surface area (Å²) in [6.45, 7) is 4.65. The highest BCUT2D eigenvalue weighted by Crippen LogP contribution is 2.46. The maximum Gasteiger partial charge on any atom is 0.419 e. The zero-order valence-electron chi connectivity index (χ0n) is 22.5. The molecule has 0 aliphatic heterocycles. The van der Waals surface area contributed by atoms with Crippen LogP contribution in [0.5, 0.6) is 5.75 Å². The number of benzene rings is 1. The maximum atomic E-state index is 14.5. The van der Waals surface area contributed by atoms with Crippen LogP contribution in [0.2, 0.25) is 0 Å². The van der Waals surface area contributed by atoms with Crippen LogP contribution < -0.4 is 4.74 Å². The highest BCUT2D eigenvalue weighted by Gasteiger charge is 2.38. The van der Waals surface area contributed by atoms with Crippen molar-refractivity contribution in [3.63, 3.8) is 0 Å². The molecule has 1 aromatic carbocycles. The number of allylic oxidation sites excluding steroid dienone is 1. The molecule has 0 amide bonds. The van der Waals surface area contributed by atoms with Gasteiger partial charge >= 0.3 is 6.18 Å². The van der Waals surface area contributed by atoms with E-state index in [1.807, 2.05) is 6.08 Å². The number of rotatable bonds is 8. The average Bonchev–Trinajstić information content (AvgIpc) is 2.89. The van der Waals surface area contributed by atoms with Gasteiger partial charge in [0.1, 0.15) is 5.56 Å². The normalized spacial score (nSPS) is 31.5. The predicted molar refractivity (Wildman–Crippen MR) is 140 cm³/mol. The molecular formula is C31H44F4O2. The van der Waals surface area contributed by atoms with Crippen LogP contribution in [0.3, 0.4) is 0 Å². The molecule has 0 heterocycles. The summed E-state index contributed by atoms with van der Waals surface area (Å²) in [5.41, 5.74) is -1.35. The molecule has 37 heavy (non-hydrogen) atoms. The quantitative estimate of drug-likeness (QED) is 0.315. The van der Waals surface area contributed by atoms with Crippen molar-refractivity contribution in [1.29, 1.82) is 0 Å². The average molecular weight is 525 g/mol. The Bertz CT molecular complexity index is 872. The van der Waals surface area contributed by atoms with E-state index in [9.17, 15) is 17.6 Å². The van der Waals surface area contributed by atoms with Gasteiger partial charge in [0.25, 0.3) is 0 Å². The lowest BCUT2D eigenvalue weighted by Gasteiger charge is -2.41. The standard InChI is InChI=1S/C31H44F4O2/c1-3-36-27-18-15-25(16-19-27)24-13-11-23(12-14-24)22-8-5-21(6-9-22)7-10-26-17-20-28(37-4-2)30(32)29(26)31(33,34)35/h7,10,17,20-25,27H,3-6,8-9,11-16,18-19H2,1-2H3. The Kier molecular flexibility index (Phi) is 9.99. The zero-order chi connectivity index (χ0) is 26.4. The molecule has 2 nitrogen and oxygen atoms in total. The van der Waals surface area contributed by atoms with Gasteiger partial charge < -0.3 is 9.47 Å². The minimum absolute atomic E-state index is 0.115. The smallest absolute Gasteiger partial charge is 0.419 e. The SMILES string of the molecule is CCOc1ccc(C=CC2CCC(C3CCC(C4CCC(OCC)CC4)CC3)CC2)c(C(F)(F)F)c1F. The minimum atomic E-state index is -4.77. The van der Waals surface area contributed by atoms with E-state index in [1.54, 1.807) is 6.92 Å². The highest BCUT2D eigenvalue weighted by atomic mass is 19.4. The van der Waals surface area contributed by atoms with Crippen molar-refractivity contribution in [2.45, 2.75) is 103 Å². The summed E-state index contributed by atoms with van der Waals surface area (Å²) in [6.07, 6.45) is 13.8. The fourth-order valence-corrected chi connectivity index (χ4v) is 7.36. The van der Waals surface area contributed by atoms with E-state index in [0.717, 1.165) is 56.0 Å². The van der Waals surface area contributed by atoms with Gasteiger partial charge in [-0.1, -0.05) is 18.2 Å². The fraction of sp³-hybridized carbons (Fsp3) is 0.742. The van der Waals surface area contributed by atoms with Crippen LogP contribution in [-0.2, 0) is 10.9 Å². The van der Waals surface area contributed by atoms with Gasteiger partial charge in [0, 0.05) is 6.61 Å². The van der Waals surface area contributed by atoms with E-state index >= 15 is 0 Å². The third-order valence-corrected chi connectivity index (χ3v) is 9.36. The Balaban J connectivity index is 1.26. The van der Waals surface area contributed by atoms with Crippen molar-refractivity contribution in [2.24, 2.45) is 29.6 Å². The van der Waals surface area contributed by atoms with E-state index in [-0.39, 0.29) is 23.8 Å². The summed E-state index contributed by atoms with van der Waals surface area (Å²) < 4.78 is 66.3. The number of alkyl halides is 3. The first-order chi connectivity index (χ1) is 17.8. The zero-order valence-corrected chi connectivity index (χ0v) is 22.5. The Morgan fingerprint density at radius 2 is 1.27 bits per heavy atom. The summed E-state index contributed by atoms with van der Waals surface area (Å²) >= 11 is 0. The number of ether oxygens (including phenoxy) is 2. The molecule has 0 saturated heterocycles. The van der Waals surface area contributed by atoms with E-state index in [0.29, 0.717) is 6.10 Å². The van der Waals surface area contributed by atoms with Crippen LogP contribution in [0.15, 0.2) is 18.2 Å². The van der Waals surface area contributed by atoms with Crippen LogP contribution in [0, 0.1) is 35.4 Å². The van der Waals surface area contributed by atoms with Gasteiger partial charge in [-0.15, -0.1) is 0 Å². The van der Waals surface area contributed by atoms with E-state index in [4.69, 9.17) is 9.47 Å². The lowest BCUT2D eigenvalue weighted by Crippen LogP contribution is -2.31. The third-order valence-electron chi connectivity index (χ3n) is 9.36. The number of hydrogen-bond donors (Lipinski definition) is 0. The molecule has 208 valence electrons. The first-order valence-electron chi connectivity index (χ1n) is 14.6. The molecule has 3 aliphatic rings. The second-order valence-corrected chi connectivity index (χ2v) is 11.5. The van der Waals surface area contributed by atoms with Crippen molar-refractivity contribution in [1.82, 2.24) is 0 Å². The summed E-state index contributed by atoms with van der Waals surface area (Å²) in [6, 6.07) is 2.62. The van der Waals surface area contributed by atoms with E-state index in [1.165, 1.54) is 69.6 Å². The lowest BCUT2D eigenvalue weighted by molar-refractivity contribution is -0.140. The molecule has 3 fully saturated rings. The molecule has 1 aromatic rings. The van der Waals surface area contributed by atoms with Crippen LogP contribution in [0.1, 0.15) is 102 Å². The van der Waals surface area contributed by atoms with Gasteiger partial charge in [0.2, 0.25) is 0 Å². The molecule has 0 unspecified atom stereocenters. The summed E-state index contributed by atoms with van der Waals surface area (Å²) in [7, 11) is 0. The van der Waals surface area contributed by atoms with Crippen molar-refractivity contribution in [2.75, 3.05) is 13.2 Å². The van der Waals surface area contributed by atoms with Gasteiger partial charge in [-0.3, -0.25) is 0 Å². The Hall–Kier alpha value is -1.56. The maximum absolute atomic E-state index is 14.5. The largest absolute Gasteiger partial charge is 0.491 e. The van der Waals surface area contributed by atoms with Crippen molar-refractivity contribution in [3.05, 3.63) is 35.2 Å². The van der Waals surface area contributed by atoms with Crippen LogP contribution in [-0.4, -0.2) is 19.3 Å². The molecule has 0 N–H and O–H groups in total. The Labute approximate surface area is 220 Å². The predicted octanol–water partition coefficient (Wildman–Crippen LogP) is 9.46. The topological polar surface area (TPSA) is 18.5 Å². The molecule has 0 atom stereocenters. The first kappa shape index (κ1) is 28.4. The van der Waals surface area contributed by atoms with Crippen LogP contribution in [0.4, 0.5) is 17.6 Å². The van der Waals surface area contributed by atoms with Gasteiger partial charge in [-0.05, 0) is 132 Å². The summed E-state index contributed by atoms with van der Waals surface area (Å²) in [5, 5.41) is 0. The van der Waals surface area contributed by atoms with Crippen molar-refractivity contribution in [3.8, 4) is 5.75 Å². The van der Waals surface area contributed by atoms with E-state index in [2.05, 4.69) is 6.92 Å². The van der Waals surface area contributed by atoms with E-state index < -0.39 is 17.6 Å². The molecule has 0 aromatic heterocycles. The molecule has 3 aliphatic carbocycles. The molecule has 0 radical (unpaired) electrons. The van der Waals surface area contributed by atoms with Crippen LogP contribution in [0.25, 0.3) is 6.08 Å². The number of halogens is 4. The van der Waals surface area contributed by atoms with Crippen molar-refractivity contribution < 1.29 is 27.0 Å². The second kappa shape index (κ2) is 13.0. The minimum Gasteiger partial charge on any atom is -0.491 e. The van der Waals surface area contributed by atoms with Gasteiger partial charge in [-0.25, -0.2) is 4.39 Å². The molecular weight excluding hydrogens is 480 g/mol. The van der Waals surface area contributed by atoms with Crippen molar-refractivity contribution >= 4 is 6.08 Å². The Morgan fingerprint density at radius 3 is 1.76 bits per heavy atom. The molecule has 0 spiro atoms. The summed E-state index contributed by atoms with van der Waals surface area (Å²) in [4.78, 5) is 0. The molecule has 4 rings (SSSR count). The first-order valence-corrected chi connectivity index (χ1v) is 14.6. The van der Waals surface area contributed by atoms with Gasteiger partial charge in [0.05, 0.1) is 12.7 Å². The molecule has 6 heteroatoms. The van der Waals surface area contributed by atoms with Gasteiger partial charge in [-0.2, -0.15) is 13.2 Å². The highest BCUT2D eigenvalue weighted by molar-refractivity contribution is 5.57. The molecule has 3 saturated carbocycles. The summed E-state index contributed by atoms with van der Waals surface area (Å²) in [5.74, 6) is 1.90. The lowest BCUT2D eigenvalue weighted by atomic mass is 9.65. The molecule has 0 bridgehead atoms. The third kappa shape index (κ3) is 7.30. The Morgan fingerprint density at radius 1 is 0.757 bits per heavy atom. The monoisotopic (exact) mass is 524 g/mol. The second-order valence-electron chi connectivity index (χ2n) is 11.5. The van der Waals surface area contributed by atoms with Crippen LogP contribution >= 0.6 is 0 Å². The van der Waals surface area contributed by atoms with Gasteiger partial charge in [0.15, 0.2) is 11.6 Å². The number of hydrogen-bond acceptors (Lipinski definition) is 2.